The second kappa shape index (κ2) is 5.89. The van der Waals surface area contributed by atoms with E-state index in [2.05, 4.69) is 21.4 Å². The van der Waals surface area contributed by atoms with Crippen molar-refractivity contribution >= 4 is 27.5 Å². The van der Waals surface area contributed by atoms with Crippen LogP contribution in [-0.2, 0) is 6.42 Å². The van der Waals surface area contributed by atoms with Gasteiger partial charge in [-0.2, -0.15) is 0 Å². The van der Waals surface area contributed by atoms with Crippen LogP contribution in [-0.4, -0.2) is 0 Å². The van der Waals surface area contributed by atoms with Gasteiger partial charge in [0.1, 0.15) is 5.76 Å². The van der Waals surface area contributed by atoms with Crippen LogP contribution < -0.4 is 11.3 Å². The van der Waals surface area contributed by atoms with E-state index in [4.69, 9.17) is 21.9 Å². The third kappa shape index (κ3) is 2.95. The molecule has 0 aliphatic carbocycles. The maximum atomic E-state index is 6.21. The molecule has 3 N–H and O–H groups in total. The largest absolute Gasteiger partial charge is 0.469 e. The molecular formula is C13H14BrClN2O. The van der Waals surface area contributed by atoms with Crippen molar-refractivity contribution in [2.45, 2.75) is 19.4 Å². The fraction of sp³-hybridized carbons (Fsp3) is 0.231. The summed E-state index contributed by atoms with van der Waals surface area (Å²) in [5.41, 5.74) is 4.90. The number of furan rings is 1. The van der Waals surface area contributed by atoms with Crippen molar-refractivity contribution in [3.63, 3.8) is 0 Å². The van der Waals surface area contributed by atoms with Crippen LogP contribution in [0.15, 0.2) is 39.4 Å². The normalized spacial score (nSPS) is 12.7. The first-order valence-corrected chi connectivity index (χ1v) is 6.73. The van der Waals surface area contributed by atoms with Gasteiger partial charge in [-0.05, 0) is 37.1 Å². The molecule has 0 spiro atoms. The van der Waals surface area contributed by atoms with Gasteiger partial charge in [-0.3, -0.25) is 11.3 Å². The van der Waals surface area contributed by atoms with Crippen LogP contribution in [0.5, 0.6) is 0 Å². The number of hydrazine groups is 1. The quantitative estimate of drug-likeness (QED) is 0.663. The van der Waals surface area contributed by atoms with Gasteiger partial charge in [-0.1, -0.05) is 33.6 Å². The van der Waals surface area contributed by atoms with E-state index in [0.717, 1.165) is 26.4 Å². The first-order valence-electron chi connectivity index (χ1n) is 5.56. The molecular weight excluding hydrogens is 316 g/mol. The van der Waals surface area contributed by atoms with Gasteiger partial charge in [0, 0.05) is 15.1 Å². The Kier molecular flexibility index (Phi) is 4.45. The van der Waals surface area contributed by atoms with E-state index in [1.54, 1.807) is 6.26 Å². The molecule has 1 aromatic carbocycles. The lowest BCUT2D eigenvalue weighted by atomic mass is 10.00. The highest BCUT2D eigenvalue weighted by atomic mass is 79.9. The van der Waals surface area contributed by atoms with Crippen LogP contribution in [0.1, 0.15) is 22.9 Å². The first-order chi connectivity index (χ1) is 8.61. The Morgan fingerprint density at radius 2 is 2.22 bits per heavy atom. The van der Waals surface area contributed by atoms with E-state index in [1.807, 2.05) is 31.2 Å². The molecule has 1 heterocycles. The van der Waals surface area contributed by atoms with Gasteiger partial charge in [-0.25, -0.2) is 0 Å². The highest BCUT2D eigenvalue weighted by Crippen LogP contribution is 2.27. The molecule has 0 aliphatic heterocycles. The fourth-order valence-electron chi connectivity index (χ4n) is 1.92. The topological polar surface area (TPSA) is 51.2 Å². The van der Waals surface area contributed by atoms with Gasteiger partial charge in [0.25, 0.3) is 0 Å². The van der Waals surface area contributed by atoms with Crippen molar-refractivity contribution in [2.75, 3.05) is 0 Å². The number of aryl methyl sites for hydroxylation is 1. The summed E-state index contributed by atoms with van der Waals surface area (Å²) in [6, 6.07) is 7.75. The monoisotopic (exact) mass is 328 g/mol. The molecule has 5 heteroatoms. The average molecular weight is 330 g/mol. The Morgan fingerprint density at radius 3 is 2.78 bits per heavy atom. The maximum absolute atomic E-state index is 6.21. The third-order valence-corrected chi connectivity index (χ3v) is 3.76. The standard InChI is InChI=1S/C13H14BrClN2O/c1-8-11(4-5-18-8)13(17-16)6-9-2-3-10(14)7-12(9)15/h2-5,7,13,17H,6,16H2,1H3. The minimum Gasteiger partial charge on any atom is -0.469 e. The van der Waals surface area contributed by atoms with Crippen LogP contribution in [0.25, 0.3) is 0 Å². The number of nitrogens with two attached hydrogens (primary N) is 1. The Labute approximate surface area is 119 Å². The average Bonchev–Trinajstić information content (AvgIpc) is 2.75. The predicted octanol–water partition coefficient (Wildman–Crippen LogP) is 3.75. The van der Waals surface area contributed by atoms with E-state index >= 15 is 0 Å². The molecule has 3 nitrogen and oxygen atoms in total. The Morgan fingerprint density at radius 1 is 1.44 bits per heavy atom. The zero-order valence-electron chi connectivity index (χ0n) is 9.91. The fourth-order valence-corrected chi connectivity index (χ4v) is 2.67. The van der Waals surface area contributed by atoms with Crippen LogP contribution in [0.2, 0.25) is 5.02 Å². The molecule has 0 amide bonds. The van der Waals surface area contributed by atoms with Gasteiger partial charge >= 0.3 is 0 Å². The summed E-state index contributed by atoms with van der Waals surface area (Å²) in [7, 11) is 0. The Hall–Kier alpha value is -0.810. The highest BCUT2D eigenvalue weighted by Gasteiger charge is 2.16. The molecule has 2 aromatic rings. The number of hydrogen-bond donors (Lipinski definition) is 2. The molecule has 0 saturated heterocycles. The second-order valence-electron chi connectivity index (χ2n) is 4.09. The van der Waals surface area contributed by atoms with Crippen LogP contribution in [0.3, 0.4) is 0 Å². The van der Waals surface area contributed by atoms with Crippen LogP contribution in [0.4, 0.5) is 0 Å². The molecule has 1 aromatic heterocycles. The molecule has 96 valence electrons. The highest BCUT2D eigenvalue weighted by molar-refractivity contribution is 9.10. The lowest BCUT2D eigenvalue weighted by Crippen LogP contribution is -2.29. The van der Waals surface area contributed by atoms with Crippen molar-refractivity contribution in [2.24, 2.45) is 5.84 Å². The minimum absolute atomic E-state index is 0.0116. The first kappa shape index (κ1) is 13.6. The Bertz CT molecular complexity index is 542. The van der Waals surface area contributed by atoms with Crippen molar-refractivity contribution in [1.29, 1.82) is 0 Å². The van der Waals surface area contributed by atoms with E-state index in [0.29, 0.717) is 6.42 Å². The number of rotatable bonds is 4. The molecule has 1 unspecified atom stereocenters. The molecule has 0 fully saturated rings. The van der Waals surface area contributed by atoms with Gasteiger partial charge in [0.05, 0.1) is 12.3 Å². The summed E-state index contributed by atoms with van der Waals surface area (Å²) < 4.78 is 6.26. The summed E-state index contributed by atoms with van der Waals surface area (Å²) in [6.07, 6.45) is 2.38. The summed E-state index contributed by atoms with van der Waals surface area (Å²) in [4.78, 5) is 0. The van der Waals surface area contributed by atoms with E-state index in [1.165, 1.54) is 0 Å². The molecule has 0 saturated carbocycles. The molecule has 0 aliphatic rings. The number of nitrogens with one attached hydrogen (secondary N) is 1. The third-order valence-electron chi connectivity index (χ3n) is 2.91. The minimum atomic E-state index is -0.0116. The summed E-state index contributed by atoms with van der Waals surface area (Å²) in [5, 5.41) is 0.728. The van der Waals surface area contributed by atoms with E-state index in [9.17, 15) is 0 Å². The lowest BCUT2D eigenvalue weighted by Gasteiger charge is -2.16. The SMILES string of the molecule is Cc1occc1C(Cc1ccc(Br)cc1Cl)NN. The summed E-state index contributed by atoms with van der Waals surface area (Å²) >= 11 is 9.60. The lowest BCUT2D eigenvalue weighted by molar-refractivity contribution is 0.502. The number of benzene rings is 1. The van der Waals surface area contributed by atoms with Crippen molar-refractivity contribution < 1.29 is 4.42 Å². The maximum Gasteiger partial charge on any atom is 0.105 e. The smallest absolute Gasteiger partial charge is 0.105 e. The summed E-state index contributed by atoms with van der Waals surface area (Å²) in [6.45, 7) is 1.92. The van der Waals surface area contributed by atoms with Crippen LogP contribution >= 0.6 is 27.5 Å². The predicted molar refractivity (Wildman–Crippen MR) is 76.4 cm³/mol. The van der Waals surface area contributed by atoms with Gasteiger partial charge in [0.15, 0.2) is 0 Å². The van der Waals surface area contributed by atoms with Crippen molar-refractivity contribution in [3.05, 3.63) is 56.9 Å². The van der Waals surface area contributed by atoms with E-state index in [-0.39, 0.29) is 6.04 Å². The van der Waals surface area contributed by atoms with Gasteiger partial charge in [-0.15, -0.1) is 0 Å². The van der Waals surface area contributed by atoms with Crippen molar-refractivity contribution in [3.8, 4) is 0 Å². The molecule has 0 bridgehead atoms. The van der Waals surface area contributed by atoms with Gasteiger partial charge in [0.2, 0.25) is 0 Å². The molecule has 2 rings (SSSR count). The second-order valence-corrected chi connectivity index (χ2v) is 5.41. The van der Waals surface area contributed by atoms with Crippen molar-refractivity contribution in [1.82, 2.24) is 5.43 Å². The Balaban J connectivity index is 2.23. The number of halogens is 2. The molecule has 1 atom stereocenters. The molecule has 0 radical (unpaired) electrons. The summed E-state index contributed by atoms with van der Waals surface area (Å²) in [5.74, 6) is 6.48. The van der Waals surface area contributed by atoms with E-state index < -0.39 is 0 Å². The zero-order valence-corrected chi connectivity index (χ0v) is 12.3. The van der Waals surface area contributed by atoms with Crippen LogP contribution in [0, 0.1) is 6.92 Å². The zero-order chi connectivity index (χ0) is 13.1. The van der Waals surface area contributed by atoms with Gasteiger partial charge < -0.3 is 4.42 Å². The number of hydrogen-bond acceptors (Lipinski definition) is 3. The molecule has 18 heavy (non-hydrogen) atoms.